The molecule has 0 unspecified atom stereocenters. The van der Waals surface area contributed by atoms with Gasteiger partial charge in [-0.25, -0.2) is 0 Å². The molecular weight excluding hydrogens is 214 g/mol. The van der Waals surface area contributed by atoms with E-state index in [2.05, 4.69) is 18.7 Å². The fourth-order valence-electron chi connectivity index (χ4n) is 1.98. The van der Waals surface area contributed by atoms with Crippen LogP contribution in [0.15, 0.2) is 18.2 Å². The maximum atomic E-state index is 9.54. The van der Waals surface area contributed by atoms with Crippen LogP contribution in [0, 0.1) is 0 Å². The SMILES string of the molecule is CCCN(CCC)Cc1ccc(O)c(OC)c1. The van der Waals surface area contributed by atoms with Crippen LogP contribution in [0.3, 0.4) is 0 Å². The average Bonchev–Trinajstić information content (AvgIpc) is 2.32. The summed E-state index contributed by atoms with van der Waals surface area (Å²) in [6.07, 6.45) is 2.32. The highest BCUT2D eigenvalue weighted by Gasteiger charge is 2.07. The van der Waals surface area contributed by atoms with E-state index in [1.165, 1.54) is 5.56 Å². The van der Waals surface area contributed by atoms with E-state index in [9.17, 15) is 5.11 Å². The van der Waals surface area contributed by atoms with Gasteiger partial charge < -0.3 is 9.84 Å². The van der Waals surface area contributed by atoms with E-state index in [0.29, 0.717) is 5.75 Å². The Bertz CT molecular complexity index is 333. The first kappa shape index (κ1) is 13.8. The Kier molecular flexibility index (Phi) is 5.84. The second-order valence-electron chi connectivity index (χ2n) is 4.28. The van der Waals surface area contributed by atoms with Crippen LogP contribution < -0.4 is 4.74 Å². The van der Waals surface area contributed by atoms with Crippen molar-refractivity contribution >= 4 is 0 Å². The lowest BCUT2D eigenvalue weighted by Gasteiger charge is -2.21. The standard InChI is InChI=1S/C14H23NO2/c1-4-8-15(9-5-2)11-12-6-7-13(16)14(10-12)17-3/h6-7,10,16H,4-5,8-9,11H2,1-3H3. The molecule has 0 radical (unpaired) electrons. The van der Waals surface area contributed by atoms with Gasteiger partial charge in [0.05, 0.1) is 7.11 Å². The van der Waals surface area contributed by atoms with E-state index in [0.717, 1.165) is 32.5 Å². The predicted molar refractivity (Wildman–Crippen MR) is 70.5 cm³/mol. The van der Waals surface area contributed by atoms with Crippen molar-refractivity contribution in [3.8, 4) is 11.5 Å². The summed E-state index contributed by atoms with van der Waals surface area (Å²) in [6, 6.07) is 5.56. The third-order valence-corrected chi connectivity index (χ3v) is 2.73. The molecular formula is C14H23NO2. The van der Waals surface area contributed by atoms with Crippen molar-refractivity contribution in [2.24, 2.45) is 0 Å². The number of aromatic hydroxyl groups is 1. The topological polar surface area (TPSA) is 32.7 Å². The highest BCUT2D eigenvalue weighted by molar-refractivity contribution is 5.41. The Morgan fingerprint density at radius 3 is 2.35 bits per heavy atom. The molecule has 0 aliphatic carbocycles. The lowest BCUT2D eigenvalue weighted by Crippen LogP contribution is -2.24. The smallest absolute Gasteiger partial charge is 0.160 e. The Balaban J connectivity index is 2.71. The van der Waals surface area contributed by atoms with Crippen molar-refractivity contribution in [3.63, 3.8) is 0 Å². The quantitative estimate of drug-likeness (QED) is 0.791. The van der Waals surface area contributed by atoms with Crippen molar-refractivity contribution in [2.45, 2.75) is 33.2 Å². The van der Waals surface area contributed by atoms with E-state index in [-0.39, 0.29) is 5.75 Å². The highest BCUT2D eigenvalue weighted by atomic mass is 16.5. The number of methoxy groups -OCH3 is 1. The molecule has 0 spiro atoms. The van der Waals surface area contributed by atoms with Gasteiger partial charge in [0.1, 0.15) is 0 Å². The maximum Gasteiger partial charge on any atom is 0.160 e. The fourth-order valence-corrected chi connectivity index (χ4v) is 1.98. The first-order valence-electron chi connectivity index (χ1n) is 6.29. The van der Waals surface area contributed by atoms with Gasteiger partial charge >= 0.3 is 0 Å². The molecule has 17 heavy (non-hydrogen) atoms. The molecule has 0 saturated carbocycles. The molecule has 0 fully saturated rings. The van der Waals surface area contributed by atoms with Gasteiger partial charge in [0.15, 0.2) is 11.5 Å². The Morgan fingerprint density at radius 1 is 1.18 bits per heavy atom. The Morgan fingerprint density at radius 2 is 1.82 bits per heavy atom. The number of hydrogen-bond donors (Lipinski definition) is 1. The summed E-state index contributed by atoms with van der Waals surface area (Å²) >= 11 is 0. The number of benzene rings is 1. The summed E-state index contributed by atoms with van der Waals surface area (Å²) in [7, 11) is 1.58. The molecule has 0 saturated heterocycles. The van der Waals surface area contributed by atoms with Gasteiger partial charge in [0, 0.05) is 6.54 Å². The first-order valence-corrected chi connectivity index (χ1v) is 6.29. The molecule has 0 amide bonds. The third kappa shape index (κ3) is 4.27. The fraction of sp³-hybridized carbons (Fsp3) is 0.571. The molecule has 1 rings (SSSR count). The molecule has 0 aliphatic heterocycles. The van der Waals surface area contributed by atoms with Crippen LogP contribution in [0.25, 0.3) is 0 Å². The third-order valence-electron chi connectivity index (χ3n) is 2.73. The predicted octanol–water partition coefficient (Wildman–Crippen LogP) is 3.02. The monoisotopic (exact) mass is 237 g/mol. The molecule has 0 aromatic heterocycles. The van der Waals surface area contributed by atoms with Crippen molar-refractivity contribution in [1.82, 2.24) is 4.90 Å². The lowest BCUT2D eigenvalue weighted by atomic mass is 10.2. The first-order chi connectivity index (χ1) is 8.21. The summed E-state index contributed by atoms with van der Waals surface area (Å²) in [5.41, 5.74) is 1.18. The summed E-state index contributed by atoms with van der Waals surface area (Å²) < 4.78 is 5.12. The zero-order valence-electron chi connectivity index (χ0n) is 11.1. The van der Waals surface area contributed by atoms with Gasteiger partial charge in [-0.05, 0) is 43.6 Å². The Labute approximate surface area is 104 Å². The minimum atomic E-state index is 0.203. The number of rotatable bonds is 7. The van der Waals surface area contributed by atoms with E-state index >= 15 is 0 Å². The largest absolute Gasteiger partial charge is 0.504 e. The molecule has 0 aliphatic rings. The molecule has 1 aromatic carbocycles. The van der Waals surface area contributed by atoms with Crippen LogP contribution in [0.5, 0.6) is 11.5 Å². The summed E-state index contributed by atoms with van der Waals surface area (Å²) in [4.78, 5) is 2.42. The number of ether oxygens (including phenoxy) is 1. The molecule has 0 heterocycles. The molecule has 0 bridgehead atoms. The Hall–Kier alpha value is -1.22. The molecule has 0 atom stereocenters. The van der Waals surface area contributed by atoms with Crippen LogP contribution in [0.4, 0.5) is 0 Å². The zero-order valence-corrected chi connectivity index (χ0v) is 11.1. The summed E-state index contributed by atoms with van der Waals surface area (Å²) in [6.45, 7) is 7.52. The minimum absolute atomic E-state index is 0.203. The summed E-state index contributed by atoms with van der Waals surface area (Å²) in [5, 5.41) is 9.54. The highest BCUT2D eigenvalue weighted by Crippen LogP contribution is 2.26. The van der Waals surface area contributed by atoms with Crippen LogP contribution in [-0.4, -0.2) is 30.2 Å². The van der Waals surface area contributed by atoms with E-state index in [4.69, 9.17) is 4.74 Å². The van der Waals surface area contributed by atoms with Gasteiger partial charge in [-0.2, -0.15) is 0 Å². The zero-order chi connectivity index (χ0) is 12.7. The van der Waals surface area contributed by atoms with Crippen molar-refractivity contribution < 1.29 is 9.84 Å². The maximum absolute atomic E-state index is 9.54. The molecule has 96 valence electrons. The van der Waals surface area contributed by atoms with Crippen LogP contribution in [-0.2, 0) is 6.54 Å². The number of hydrogen-bond acceptors (Lipinski definition) is 3. The van der Waals surface area contributed by atoms with Crippen LogP contribution in [0.1, 0.15) is 32.3 Å². The van der Waals surface area contributed by atoms with E-state index in [1.54, 1.807) is 13.2 Å². The van der Waals surface area contributed by atoms with Gasteiger partial charge in [-0.3, -0.25) is 4.90 Å². The second kappa shape index (κ2) is 7.17. The van der Waals surface area contributed by atoms with E-state index in [1.807, 2.05) is 12.1 Å². The van der Waals surface area contributed by atoms with Gasteiger partial charge in [-0.1, -0.05) is 19.9 Å². The number of phenols is 1. The number of phenolic OH excluding ortho intramolecular Hbond substituents is 1. The lowest BCUT2D eigenvalue weighted by molar-refractivity contribution is 0.266. The number of nitrogens with zero attached hydrogens (tertiary/aromatic N) is 1. The van der Waals surface area contributed by atoms with Gasteiger partial charge in [0.25, 0.3) is 0 Å². The van der Waals surface area contributed by atoms with Gasteiger partial charge in [0.2, 0.25) is 0 Å². The average molecular weight is 237 g/mol. The molecule has 1 aromatic rings. The molecule has 3 nitrogen and oxygen atoms in total. The van der Waals surface area contributed by atoms with E-state index < -0.39 is 0 Å². The van der Waals surface area contributed by atoms with Crippen LogP contribution in [0.2, 0.25) is 0 Å². The molecule has 1 N–H and O–H groups in total. The van der Waals surface area contributed by atoms with Crippen molar-refractivity contribution in [3.05, 3.63) is 23.8 Å². The molecule has 3 heteroatoms. The van der Waals surface area contributed by atoms with Crippen molar-refractivity contribution in [2.75, 3.05) is 20.2 Å². The summed E-state index contributed by atoms with van der Waals surface area (Å²) in [5.74, 6) is 0.754. The van der Waals surface area contributed by atoms with Crippen molar-refractivity contribution in [1.29, 1.82) is 0 Å². The van der Waals surface area contributed by atoms with Crippen LogP contribution >= 0.6 is 0 Å². The second-order valence-corrected chi connectivity index (χ2v) is 4.28. The normalized spacial score (nSPS) is 10.8. The van der Waals surface area contributed by atoms with Gasteiger partial charge in [-0.15, -0.1) is 0 Å². The minimum Gasteiger partial charge on any atom is -0.504 e.